The Morgan fingerprint density at radius 3 is 2.76 bits per heavy atom. The number of halogens is 3. The van der Waals surface area contributed by atoms with Crippen LogP contribution in [0, 0.1) is 0 Å². The Labute approximate surface area is 118 Å². The molecule has 0 atom stereocenters. The number of aldehydes is 1. The van der Waals surface area contributed by atoms with E-state index in [1.807, 2.05) is 24.3 Å². The van der Waals surface area contributed by atoms with Crippen LogP contribution < -0.4 is 0 Å². The molecule has 0 aromatic heterocycles. The highest BCUT2D eigenvalue weighted by Crippen LogP contribution is 2.33. The van der Waals surface area contributed by atoms with Gasteiger partial charge in [-0.05, 0) is 29.5 Å². The first-order valence-electron chi connectivity index (χ1n) is 5.09. The first-order chi connectivity index (χ1) is 8.19. The van der Waals surface area contributed by atoms with Crippen LogP contribution in [0.5, 0.6) is 0 Å². The highest BCUT2D eigenvalue weighted by atomic mass is 79.9. The molecule has 88 valence electrons. The maximum Gasteiger partial charge on any atom is 0.152 e. The minimum Gasteiger partial charge on any atom is -0.298 e. The molecule has 0 aliphatic heterocycles. The molecule has 2 aromatic carbocycles. The second-order valence-electron chi connectivity index (χ2n) is 3.66. The van der Waals surface area contributed by atoms with Gasteiger partial charge < -0.3 is 0 Å². The van der Waals surface area contributed by atoms with Gasteiger partial charge in [0, 0.05) is 21.3 Å². The van der Waals surface area contributed by atoms with Crippen LogP contribution in [-0.4, -0.2) is 12.2 Å². The normalized spacial score (nSPS) is 10.8. The van der Waals surface area contributed by atoms with E-state index >= 15 is 0 Å². The van der Waals surface area contributed by atoms with Gasteiger partial charge in [-0.25, -0.2) is 0 Å². The molecule has 4 heteroatoms. The van der Waals surface area contributed by atoms with Crippen molar-refractivity contribution in [2.24, 2.45) is 0 Å². The minimum absolute atomic E-state index is 0.484. The van der Waals surface area contributed by atoms with Crippen molar-refractivity contribution in [2.45, 2.75) is 6.42 Å². The number of carbonyl (C=O) groups excluding carboxylic acids is 1. The summed E-state index contributed by atoms with van der Waals surface area (Å²) in [6, 6.07) is 7.77. The van der Waals surface area contributed by atoms with Crippen LogP contribution in [0.15, 0.2) is 28.7 Å². The van der Waals surface area contributed by atoms with E-state index in [9.17, 15) is 4.79 Å². The van der Waals surface area contributed by atoms with Crippen LogP contribution in [-0.2, 0) is 6.42 Å². The molecule has 2 rings (SSSR count). The molecule has 0 spiro atoms. The maximum atomic E-state index is 11.2. The lowest BCUT2D eigenvalue weighted by Crippen LogP contribution is -1.95. The van der Waals surface area contributed by atoms with Crippen LogP contribution in [0.4, 0.5) is 0 Å². The Morgan fingerprint density at radius 1 is 1.35 bits per heavy atom. The second-order valence-corrected chi connectivity index (χ2v) is 5.27. The van der Waals surface area contributed by atoms with Gasteiger partial charge in [-0.15, -0.1) is 11.6 Å². The predicted octanol–water partition coefficient (Wildman–Crippen LogP) is 4.85. The van der Waals surface area contributed by atoms with Crippen molar-refractivity contribution >= 4 is 56.2 Å². The summed E-state index contributed by atoms with van der Waals surface area (Å²) in [7, 11) is 0. The molecular weight excluding hydrogens is 323 g/mol. The summed E-state index contributed by atoms with van der Waals surface area (Å²) in [4.78, 5) is 11.2. The summed E-state index contributed by atoms with van der Waals surface area (Å²) < 4.78 is 0.872. The summed E-state index contributed by atoms with van der Waals surface area (Å²) in [5.74, 6) is 0.484. The highest BCUT2D eigenvalue weighted by Gasteiger charge is 2.12. The van der Waals surface area contributed by atoms with E-state index in [0.717, 1.165) is 27.1 Å². The summed E-state index contributed by atoms with van der Waals surface area (Å²) in [5.41, 5.74) is 1.44. The van der Waals surface area contributed by atoms with Crippen molar-refractivity contribution in [3.63, 3.8) is 0 Å². The Hall–Kier alpha value is -0.570. The van der Waals surface area contributed by atoms with Crippen LogP contribution in [0.1, 0.15) is 15.9 Å². The highest BCUT2D eigenvalue weighted by molar-refractivity contribution is 9.10. The molecule has 0 amide bonds. The van der Waals surface area contributed by atoms with E-state index in [2.05, 4.69) is 15.9 Å². The third kappa shape index (κ3) is 2.35. The topological polar surface area (TPSA) is 17.1 Å². The molecule has 0 aliphatic rings. The zero-order valence-corrected chi connectivity index (χ0v) is 11.9. The van der Waals surface area contributed by atoms with E-state index in [-0.39, 0.29) is 0 Å². The molecule has 0 N–H and O–H groups in total. The van der Waals surface area contributed by atoms with Crippen molar-refractivity contribution in [1.29, 1.82) is 0 Å². The van der Waals surface area contributed by atoms with Gasteiger partial charge >= 0.3 is 0 Å². The fraction of sp³-hybridized carbons (Fsp3) is 0.154. The molecule has 0 unspecified atom stereocenters. The monoisotopic (exact) mass is 330 g/mol. The molecule has 0 radical (unpaired) electrons. The molecule has 0 saturated heterocycles. The molecule has 0 bridgehead atoms. The lowest BCUT2D eigenvalue weighted by Gasteiger charge is -2.10. The van der Waals surface area contributed by atoms with Gasteiger partial charge in [0.05, 0.1) is 5.02 Å². The van der Waals surface area contributed by atoms with Gasteiger partial charge in [0.2, 0.25) is 0 Å². The lowest BCUT2D eigenvalue weighted by atomic mass is 10.00. The third-order valence-corrected chi connectivity index (χ3v) is 3.94. The Morgan fingerprint density at radius 2 is 2.12 bits per heavy atom. The van der Waals surface area contributed by atoms with Gasteiger partial charge in [0.15, 0.2) is 6.29 Å². The second kappa shape index (κ2) is 5.38. The van der Waals surface area contributed by atoms with E-state index in [1.54, 1.807) is 0 Å². The van der Waals surface area contributed by atoms with Crippen LogP contribution in [0.25, 0.3) is 10.8 Å². The number of carbonyl (C=O) groups is 1. The van der Waals surface area contributed by atoms with Crippen molar-refractivity contribution in [2.75, 3.05) is 5.88 Å². The van der Waals surface area contributed by atoms with Crippen molar-refractivity contribution in [3.05, 3.63) is 44.9 Å². The van der Waals surface area contributed by atoms with E-state index in [0.29, 0.717) is 22.9 Å². The fourth-order valence-electron chi connectivity index (χ4n) is 1.87. The van der Waals surface area contributed by atoms with E-state index < -0.39 is 0 Å². The predicted molar refractivity (Wildman–Crippen MR) is 76.5 cm³/mol. The van der Waals surface area contributed by atoms with Crippen LogP contribution in [0.3, 0.4) is 0 Å². The number of alkyl halides is 1. The van der Waals surface area contributed by atoms with Gasteiger partial charge in [0.1, 0.15) is 0 Å². The Kier molecular flexibility index (Phi) is 4.08. The molecule has 2 aromatic rings. The lowest BCUT2D eigenvalue weighted by molar-refractivity contribution is 0.112. The molecule has 1 nitrogen and oxygen atoms in total. The van der Waals surface area contributed by atoms with Gasteiger partial charge in [-0.2, -0.15) is 0 Å². The SMILES string of the molecule is O=Cc1c(Cl)c(CCCl)cc2cccc(Br)c12. The number of fused-ring (bicyclic) bond motifs is 1. The summed E-state index contributed by atoms with van der Waals surface area (Å²) in [6.45, 7) is 0. The number of hydrogen-bond acceptors (Lipinski definition) is 1. The van der Waals surface area contributed by atoms with Gasteiger partial charge in [-0.3, -0.25) is 4.79 Å². The summed E-state index contributed by atoms with van der Waals surface area (Å²) >= 11 is 15.4. The Balaban J connectivity index is 2.84. The van der Waals surface area contributed by atoms with E-state index in [1.165, 1.54) is 0 Å². The zero-order chi connectivity index (χ0) is 12.4. The Bertz CT molecular complexity index is 581. The van der Waals surface area contributed by atoms with Crippen molar-refractivity contribution < 1.29 is 4.79 Å². The largest absolute Gasteiger partial charge is 0.298 e. The molecule has 0 fully saturated rings. The van der Waals surface area contributed by atoms with Crippen LogP contribution >= 0.6 is 39.1 Å². The average molecular weight is 332 g/mol. The maximum absolute atomic E-state index is 11.2. The number of aryl methyl sites for hydroxylation is 1. The number of rotatable bonds is 3. The van der Waals surface area contributed by atoms with Crippen molar-refractivity contribution in [3.8, 4) is 0 Å². The molecular formula is C13H9BrCl2O. The average Bonchev–Trinajstić information content (AvgIpc) is 2.32. The number of hydrogen-bond donors (Lipinski definition) is 0. The van der Waals surface area contributed by atoms with Gasteiger partial charge in [-0.1, -0.05) is 39.7 Å². The molecule has 0 saturated carbocycles. The summed E-state index contributed by atoms with van der Waals surface area (Å²) in [6.07, 6.45) is 1.46. The molecule has 17 heavy (non-hydrogen) atoms. The zero-order valence-electron chi connectivity index (χ0n) is 8.84. The third-order valence-electron chi connectivity index (χ3n) is 2.64. The van der Waals surface area contributed by atoms with Crippen molar-refractivity contribution in [1.82, 2.24) is 0 Å². The van der Waals surface area contributed by atoms with E-state index in [4.69, 9.17) is 23.2 Å². The smallest absolute Gasteiger partial charge is 0.152 e. The first kappa shape index (κ1) is 12.9. The standard InChI is InChI=1S/C13H9BrCl2O/c14-11-3-1-2-8-6-9(4-5-15)13(16)10(7-17)12(8)11/h1-3,6-7H,4-5H2. The number of benzene rings is 2. The molecule has 0 aliphatic carbocycles. The fourth-order valence-corrected chi connectivity index (χ4v) is 2.96. The summed E-state index contributed by atoms with van der Waals surface area (Å²) in [5, 5.41) is 2.34. The van der Waals surface area contributed by atoms with Crippen LogP contribution in [0.2, 0.25) is 5.02 Å². The minimum atomic E-state index is 0.484. The molecule has 0 heterocycles. The quantitative estimate of drug-likeness (QED) is 0.580. The van der Waals surface area contributed by atoms with Gasteiger partial charge in [0.25, 0.3) is 0 Å². The first-order valence-corrected chi connectivity index (χ1v) is 6.80.